The predicted octanol–water partition coefficient (Wildman–Crippen LogP) is 2.45. The molecule has 0 spiro atoms. The van der Waals surface area contributed by atoms with Gasteiger partial charge in [-0.05, 0) is 30.8 Å². The second kappa shape index (κ2) is 6.18. The molecule has 2 rings (SSSR count). The summed E-state index contributed by atoms with van der Waals surface area (Å²) in [7, 11) is 1.90. The minimum absolute atomic E-state index is 0.294. The highest BCUT2D eigenvalue weighted by atomic mass is 35.5. The van der Waals surface area contributed by atoms with Crippen molar-refractivity contribution in [2.24, 2.45) is 0 Å². The molecule has 0 bridgehead atoms. The lowest BCUT2D eigenvalue weighted by atomic mass is 9.94. The Bertz CT molecular complexity index is 435. The molecule has 0 radical (unpaired) electrons. The standard InChI is InChI=1S/C14H19ClFNO2/c1-17(10-14(18)4-6-19-7-5-14)9-11-8-12(16)2-3-13(11)15/h2-3,8,18H,4-7,9-10H2,1H3. The minimum Gasteiger partial charge on any atom is -0.388 e. The van der Waals surface area contributed by atoms with E-state index in [-0.39, 0.29) is 5.82 Å². The summed E-state index contributed by atoms with van der Waals surface area (Å²) in [6, 6.07) is 4.34. The average Bonchev–Trinajstić information content (AvgIpc) is 2.34. The average molecular weight is 288 g/mol. The fourth-order valence-corrected chi connectivity index (χ4v) is 2.60. The van der Waals surface area contributed by atoms with Gasteiger partial charge in [0.25, 0.3) is 0 Å². The van der Waals surface area contributed by atoms with Gasteiger partial charge in [-0.3, -0.25) is 4.90 Å². The zero-order chi connectivity index (χ0) is 13.9. The monoisotopic (exact) mass is 287 g/mol. The molecule has 1 N–H and O–H groups in total. The predicted molar refractivity (Wildman–Crippen MR) is 72.7 cm³/mol. The van der Waals surface area contributed by atoms with Crippen molar-refractivity contribution in [3.8, 4) is 0 Å². The van der Waals surface area contributed by atoms with Crippen molar-refractivity contribution >= 4 is 11.6 Å². The summed E-state index contributed by atoms with van der Waals surface area (Å²) in [6.45, 7) is 2.22. The van der Waals surface area contributed by atoms with Gasteiger partial charge in [0.2, 0.25) is 0 Å². The van der Waals surface area contributed by atoms with Crippen molar-refractivity contribution in [3.05, 3.63) is 34.6 Å². The second-order valence-electron chi connectivity index (χ2n) is 5.24. The van der Waals surface area contributed by atoms with E-state index in [2.05, 4.69) is 0 Å². The second-order valence-corrected chi connectivity index (χ2v) is 5.65. The normalized spacial score (nSPS) is 18.8. The maximum Gasteiger partial charge on any atom is 0.123 e. The number of likely N-dealkylation sites (N-methyl/N-ethyl adjacent to an activating group) is 1. The maximum absolute atomic E-state index is 13.2. The van der Waals surface area contributed by atoms with Crippen molar-refractivity contribution in [1.29, 1.82) is 0 Å². The first-order valence-corrected chi connectivity index (χ1v) is 6.79. The molecule has 1 heterocycles. The number of halogens is 2. The fraction of sp³-hybridized carbons (Fsp3) is 0.571. The van der Waals surface area contributed by atoms with Crippen LogP contribution in [0.1, 0.15) is 18.4 Å². The van der Waals surface area contributed by atoms with Crippen molar-refractivity contribution in [3.63, 3.8) is 0 Å². The van der Waals surface area contributed by atoms with Crippen molar-refractivity contribution in [2.45, 2.75) is 25.0 Å². The molecular formula is C14H19ClFNO2. The zero-order valence-corrected chi connectivity index (χ0v) is 11.8. The summed E-state index contributed by atoms with van der Waals surface area (Å²) < 4.78 is 18.4. The highest BCUT2D eigenvalue weighted by molar-refractivity contribution is 6.31. The van der Waals surface area contributed by atoms with Crippen molar-refractivity contribution < 1.29 is 14.2 Å². The lowest BCUT2D eigenvalue weighted by molar-refractivity contribution is -0.0777. The van der Waals surface area contributed by atoms with Gasteiger partial charge in [-0.15, -0.1) is 0 Å². The molecule has 0 saturated carbocycles. The van der Waals surface area contributed by atoms with Gasteiger partial charge in [0.15, 0.2) is 0 Å². The summed E-state index contributed by atoms with van der Waals surface area (Å²) in [6.07, 6.45) is 1.27. The van der Waals surface area contributed by atoms with Crippen LogP contribution in [-0.2, 0) is 11.3 Å². The molecule has 0 atom stereocenters. The Morgan fingerprint density at radius 1 is 1.42 bits per heavy atom. The smallest absolute Gasteiger partial charge is 0.123 e. The zero-order valence-electron chi connectivity index (χ0n) is 11.0. The molecule has 1 saturated heterocycles. The van der Waals surface area contributed by atoms with Crippen LogP contribution in [0.3, 0.4) is 0 Å². The summed E-state index contributed by atoms with van der Waals surface area (Å²) >= 11 is 6.04. The first kappa shape index (κ1) is 14.7. The van der Waals surface area contributed by atoms with E-state index in [9.17, 15) is 9.50 Å². The topological polar surface area (TPSA) is 32.7 Å². The van der Waals surface area contributed by atoms with Crippen LogP contribution in [0.2, 0.25) is 5.02 Å². The van der Waals surface area contributed by atoms with Crippen molar-refractivity contribution in [2.75, 3.05) is 26.8 Å². The SMILES string of the molecule is CN(Cc1cc(F)ccc1Cl)CC1(O)CCOCC1. The Balaban J connectivity index is 1.96. The number of rotatable bonds is 4. The van der Waals surface area contributed by atoms with Crippen molar-refractivity contribution in [1.82, 2.24) is 4.90 Å². The first-order valence-electron chi connectivity index (χ1n) is 6.41. The van der Waals surface area contributed by atoms with E-state index in [0.29, 0.717) is 44.2 Å². The van der Waals surface area contributed by atoms with Gasteiger partial charge in [0.05, 0.1) is 5.60 Å². The van der Waals surface area contributed by atoms with Gasteiger partial charge in [0, 0.05) is 44.2 Å². The number of nitrogens with zero attached hydrogens (tertiary/aromatic N) is 1. The van der Waals surface area contributed by atoms with Crippen LogP contribution in [0.15, 0.2) is 18.2 Å². The van der Waals surface area contributed by atoms with E-state index in [0.717, 1.165) is 5.56 Å². The molecular weight excluding hydrogens is 269 g/mol. The third-order valence-electron chi connectivity index (χ3n) is 3.44. The van der Waals surface area contributed by atoms with Crippen LogP contribution in [-0.4, -0.2) is 42.4 Å². The van der Waals surface area contributed by atoms with Crippen LogP contribution in [0.4, 0.5) is 4.39 Å². The molecule has 0 unspecified atom stereocenters. The Morgan fingerprint density at radius 2 is 2.11 bits per heavy atom. The number of hydrogen-bond donors (Lipinski definition) is 1. The summed E-state index contributed by atoms with van der Waals surface area (Å²) in [5, 5.41) is 11.0. The lowest BCUT2D eigenvalue weighted by Gasteiger charge is -2.35. The van der Waals surface area contributed by atoms with Crippen LogP contribution in [0.25, 0.3) is 0 Å². The highest BCUT2D eigenvalue weighted by Gasteiger charge is 2.31. The van der Waals surface area contributed by atoms with Gasteiger partial charge in [-0.1, -0.05) is 11.6 Å². The van der Waals surface area contributed by atoms with Gasteiger partial charge in [-0.25, -0.2) is 4.39 Å². The van der Waals surface area contributed by atoms with Gasteiger partial charge >= 0.3 is 0 Å². The highest BCUT2D eigenvalue weighted by Crippen LogP contribution is 2.23. The van der Waals surface area contributed by atoms with E-state index in [4.69, 9.17) is 16.3 Å². The van der Waals surface area contributed by atoms with E-state index >= 15 is 0 Å². The van der Waals surface area contributed by atoms with E-state index in [1.165, 1.54) is 12.1 Å². The molecule has 0 aromatic heterocycles. The lowest BCUT2D eigenvalue weighted by Crippen LogP contribution is -2.45. The fourth-order valence-electron chi connectivity index (χ4n) is 2.42. The van der Waals surface area contributed by atoms with Gasteiger partial charge in [0.1, 0.15) is 5.82 Å². The third kappa shape index (κ3) is 4.14. The number of ether oxygens (including phenoxy) is 1. The van der Waals surface area contributed by atoms with Crippen LogP contribution in [0, 0.1) is 5.82 Å². The van der Waals surface area contributed by atoms with Crippen LogP contribution in [0.5, 0.6) is 0 Å². The number of benzene rings is 1. The molecule has 19 heavy (non-hydrogen) atoms. The van der Waals surface area contributed by atoms with Gasteiger partial charge < -0.3 is 9.84 Å². The first-order chi connectivity index (χ1) is 8.98. The third-order valence-corrected chi connectivity index (χ3v) is 3.80. The Kier molecular flexibility index (Phi) is 4.79. The summed E-state index contributed by atoms with van der Waals surface area (Å²) in [4.78, 5) is 1.96. The quantitative estimate of drug-likeness (QED) is 0.923. The largest absolute Gasteiger partial charge is 0.388 e. The van der Waals surface area contributed by atoms with E-state index in [1.54, 1.807) is 6.07 Å². The summed E-state index contributed by atoms with van der Waals surface area (Å²) in [5.74, 6) is -0.294. The molecule has 0 amide bonds. The summed E-state index contributed by atoms with van der Waals surface area (Å²) in [5.41, 5.74) is 0.0205. The van der Waals surface area contributed by atoms with Crippen LogP contribution >= 0.6 is 11.6 Å². The molecule has 3 nitrogen and oxygen atoms in total. The molecule has 0 aliphatic carbocycles. The maximum atomic E-state index is 13.2. The Hall–Kier alpha value is -0.680. The minimum atomic E-state index is -0.715. The Labute approximate surface area is 117 Å². The van der Waals surface area contributed by atoms with Crippen LogP contribution < -0.4 is 0 Å². The van der Waals surface area contributed by atoms with E-state index in [1.807, 2.05) is 11.9 Å². The molecule has 1 fully saturated rings. The molecule has 1 aliphatic heterocycles. The van der Waals surface area contributed by atoms with Gasteiger partial charge in [-0.2, -0.15) is 0 Å². The van der Waals surface area contributed by atoms with E-state index < -0.39 is 5.60 Å². The molecule has 1 aromatic carbocycles. The molecule has 1 aromatic rings. The molecule has 1 aliphatic rings. The number of aliphatic hydroxyl groups is 1. The molecule has 106 valence electrons. The Morgan fingerprint density at radius 3 is 2.79 bits per heavy atom. The molecule has 5 heteroatoms. The number of hydrogen-bond acceptors (Lipinski definition) is 3.